The van der Waals surface area contributed by atoms with Gasteiger partial charge in [0.25, 0.3) is 5.91 Å². The number of aromatic nitrogens is 1. The number of carbonyl (C=O) groups excluding carboxylic acids is 1. The number of hydrogen-bond donors (Lipinski definition) is 0. The van der Waals surface area contributed by atoms with Crippen LogP contribution in [0.15, 0.2) is 18.2 Å². The highest BCUT2D eigenvalue weighted by Gasteiger charge is 2.28. The van der Waals surface area contributed by atoms with E-state index in [1.54, 1.807) is 7.11 Å². The molecule has 140 valence electrons. The van der Waals surface area contributed by atoms with Crippen molar-refractivity contribution in [3.8, 4) is 5.75 Å². The Labute approximate surface area is 159 Å². The monoisotopic (exact) mass is 372 g/mol. The second-order valence-corrected chi connectivity index (χ2v) is 8.63. The van der Waals surface area contributed by atoms with Gasteiger partial charge in [0.1, 0.15) is 5.75 Å². The number of ether oxygens (including phenoxy) is 1. The van der Waals surface area contributed by atoms with E-state index in [1.807, 2.05) is 28.8 Å². The molecule has 1 aromatic carbocycles. The maximum absolute atomic E-state index is 13.4. The van der Waals surface area contributed by atoms with Gasteiger partial charge in [-0.1, -0.05) is 19.3 Å². The van der Waals surface area contributed by atoms with E-state index in [0.717, 1.165) is 47.0 Å². The SMILES string of the molecule is COc1ccc2c(c1)c(C(=O)N1CCSCC1)c(C)n2C1CCCCC1. The molecule has 0 spiro atoms. The summed E-state index contributed by atoms with van der Waals surface area (Å²) in [7, 11) is 1.69. The van der Waals surface area contributed by atoms with Crippen molar-refractivity contribution in [2.45, 2.75) is 45.1 Å². The molecule has 2 fully saturated rings. The van der Waals surface area contributed by atoms with E-state index in [0.29, 0.717) is 6.04 Å². The minimum absolute atomic E-state index is 0.190. The molecule has 1 aromatic heterocycles. The van der Waals surface area contributed by atoms with E-state index in [-0.39, 0.29) is 5.91 Å². The molecule has 0 N–H and O–H groups in total. The first kappa shape index (κ1) is 17.8. The average molecular weight is 373 g/mol. The highest BCUT2D eigenvalue weighted by molar-refractivity contribution is 7.99. The Bertz CT molecular complexity index is 802. The molecule has 4 nitrogen and oxygen atoms in total. The highest BCUT2D eigenvalue weighted by atomic mass is 32.2. The Balaban J connectivity index is 1.84. The van der Waals surface area contributed by atoms with Crippen molar-refractivity contribution in [2.24, 2.45) is 0 Å². The molecule has 0 bridgehead atoms. The van der Waals surface area contributed by atoms with E-state index in [1.165, 1.54) is 37.6 Å². The van der Waals surface area contributed by atoms with Crippen LogP contribution in [0.5, 0.6) is 5.75 Å². The predicted octanol–water partition coefficient (Wildman–Crippen LogP) is 4.65. The van der Waals surface area contributed by atoms with Crippen LogP contribution in [0, 0.1) is 6.92 Å². The Morgan fingerprint density at radius 2 is 1.88 bits per heavy atom. The molecule has 2 heterocycles. The summed E-state index contributed by atoms with van der Waals surface area (Å²) >= 11 is 1.93. The van der Waals surface area contributed by atoms with Crippen LogP contribution < -0.4 is 4.74 Å². The van der Waals surface area contributed by atoms with Gasteiger partial charge in [-0.05, 0) is 38.0 Å². The standard InChI is InChI=1S/C21H28N2O2S/c1-15-20(21(24)22-10-12-26-13-11-22)18-14-17(25-2)8-9-19(18)23(15)16-6-4-3-5-7-16/h8-9,14,16H,3-7,10-13H2,1-2H3. The van der Waals surface area contributed by atoms with Crippen LogP contribution in [0.25, 0.3) is 10.9 Å². The van der Waals surface area contributed by atoms with Crippen LogP contribution in [0.2, 0.25) is 0 Å². The summed E-state index contributed by atoms with van der Waals surface area (Å²) in [6.07, 6.45) is 6.33. The lowest BCUT2D eigenvalue weighted by molar-refractivity contribution is 0.0773. The minimum Gasteiger partial charge on any atom is -0.497 e. The highest BCUT2D eigenvalue weighted by Crippen LogP contribution is 2.37. The van der Waals surface area contributed by atoms with Gasteiger partial charge in [-0.25, -0.2) is 0 Å². The van der Waals surface area contributed by atoms with Gasteiger partial charge in [0, 0.05) is 47.2 Å². The number of carbonyl (C=O) groups is 1. The predicted molar refractivity (Wildman–Crippen MR) is 109 cm³/mol. The molecule has 4 rings (SSSR count). The molecular weight excluding hydrogens is 344 g/mol. The van der Waals surface area contributed by atoms with Gasteiger partial charge < -0.3 is 14.2 Å². The fraction of sp³-hybridized carbons (Fsp3) is 0.571. The summed E-state index contributed by atoms with van der Waals surface area (Å²) < 4.78 is 7.90. The second kappa shape index (κ2) is 7.55. The zero-order valence-electron chi connectivity index (χ0n) is 15.8. The number of benzene rings is 1. The Hall–Kier alpha value is -1.62. The summed E-state index contributed by atoms with van der Waals surface area (Å²) in [6, 6.07) is 6.72. The molecule has 1 aliphatic carbocycles. The van der Waals surface area contributed by atoms with Crippen molar-refractivity contribution < 1.29 is 9.53 Å². The number of amides is 1. The molecule has 2 aromatic rings. The molecular formula is C21H28N2O2S. The third kappa shape index (κ3) is 3.11. The van der Waals surface area contributed by atoms with E-state index >= 15 is 0 Å². The fourth-order valence-corrected chi connectivity index (χ4v) is 5.46. The van der Waals surface area contributed by atoms with Crippen molar-refractivity contribution >= 4 is 28.6 Å². The van der Waals surface area contributed by atoms with Gasteiger partial charge >= 0.3 is 0 Å². The molecule has 1 aliphatic heterocycles. The van der Waals surface area contributed by atoms with E-state index in [9.17, 15) is 4.79 Å². The van der Waals surface area contributed by atoms with Crippen LogP contribution in [-0.2, 0) is 0 Å². The number of methoxy groups -OCH3 is 1. The summed E-state index contributed by atoms with van der Waals surface area (Å²) in [5, 5.41) is 1.05. The molecule has 1 saturated heterocycles. The van der Waals surface area contributed by atoms with Crippen LogP contribution in [0.3, 0.4) is 0 Å². The van der Waals surface area contributed by atoms with Crippen molar-refractivity contribution in [1.29, 1.82) is 0 Å². The molecule has 26 heavy (non-hydrogen) atoms. The molecule has 1 amide bonds. The lowest BCUT2D eigenvalue weighted by Crippen LogP contribution is -2.38. The maximum Gasteiger partial charge on any atom is 0.256 e. The van der Waals surface area contributed by atoms with Crippen LogP contribution in [0.1, 0.15) is 54.2 Å². The zero-order valence-corrected chi connectivity index (χ0v) is 16.6. The third-order valence-electron chi connectivity index (χ3n) is 5.91. The molecule has 0 unspecified atom stereocenters. The summed E-state index contributed by atoms with van der Waals surface area (Å²) in [5.74, 6) is 3.09. The Kier molecular flexibility index (Phi) is 5.16. The van der Waals surface area contributed by atoms with Crippen molar-refractivity contribution in [3.05, 3.63) is 29.5 Å². The van der Waals surface area contributed by atoms with Gasteiger partial charge in [0.15, 0.2) is 0 Å². The Morgan fingerprint density at radius 1 is 1.15 bits per heavy atom. The van der Waals surface area contributed by atoms with Crippen LogP contribution in [0.4, 0.5) is 0 Å². The largest absolute Gasteiger partial charge is 0.497 e. The topological polar surface area (TPSA) is 34.5 Å². The lowest BCUT2D eigenvalue weighted by atomic mass is 9.95. The summed E-state index contributed by atoms with van der Waals surface area (Å²) in [5.41, 5.74) is 3.20. The smallest absolute Gasteiger partial charge is 0.256 e. The number of thioether (sulfide) groups is 1. The summed E-state index contributed by atoms with van der Waals surface area (Å²) in [4.78, 5) is 15.4. The van der Waals surface area contributed by atoms with Crippen LogP contribution in [-0.4, -0.2) is 47.1 Å². The van der Waals surface area contributed by atoms with Crippen LogP contribution >= 0.6 is 11.8 Å². The van der Waals surface area contributed by atoms with Crippen molar-refractivity contribution in [1.82, 2.24) is 9.47 Å². The van der Waals surface area contributed by atoms with Gasteiger partial charge in [-0.2, -0.15) is 11.8 Å². The number of fused-ring (bicyclic) bond motifs is 1. The minimum atomic E-state index is 0.190. The first-order chi connectivity index (χ1) is 12.7. The third-order valence-corrected chi connectivity index (χ3v) is 6.85. The number of hydrogen-bond acceptors (Lipinski definition) is 3. The summed E-state index contributed by atoms with van der Waals surface area (Å²) in [6.45, 7) is 3.83. The molecule has 2 aliphatic rings. The number of nitrogens with zero attached hydrogens (tertiary/aromatic N) is 2. The lowest BCUT2D eigenvalue weighted by Gasteiger charge is -2.27. The van der Waals surface area contributed by atoms with Crippen molar-refractivity contribution in [2.75, 3.05) is 31.7 Å². The Morgan fingerprint density at radius 3 is 2.58 bits per heavy atom. The van der Waals surface area contributed by atoms with E-state index in [2.05, 4.69) is 17.6 Å². The first-order valence-corrected chi connectivity index (χ1v) is 10.9. The molecule has 1 saturated carbocycles. The maximum atomic E-state index is 13.4. The number of rotatable bonds is 3. The normalized spacial score (nSPS) is 19.1. The van der Waals surface area contributed by atoms with E-state index in [4.69, 9.17) is 4.74 Å². The average Bonchev–Trinajstić information content (AvgIpc) is 2.99. The van der Waals surface area contributed by atoms with Gasteiger partial charge in [0.2, 0.25) is 0 Å². The van der Waals surface area contributed by atoms with Gasteiger partial charge in [-0.15, -0.1) is 0 Å². The molecule has 0 radical (unpaired) electrons. The van der Waals surface area contributed by atoms with Gasteiger partial charge in [0.05, 0.1) is 12.7 Å². The molecule has 5 heteroatoms. The molecule has 0 atom stereocenters. The second-order valence-electron chi connectivity index (χ2n) is 7.41. The van der Waals surface area contributed by atoms with E-state index < -0.39 is 0 Å². The zero-order chi connectivity index (χ0) is 18.1. The first-order valence-electron chi connectivity index (χ1n) is 9.76. The quantitative estimate of drug-likeness (QED) is 0.786. The van der Waals surface area contributed by atoms with Crippen molar-refractivity contribution in [3.63, 3.8) is 0 Å². The fourth-order valence-electron chi connectivity index (χ4n) is 4.55. The van der Waals surface area contributed by atoms with Gasteiger partial charge in [-0.3, -0.25) is 4.79 Å².